The Balaban J connectivity index is 1.95. The second kappa shape index (κ2) is 5.00. The molecule has 16 heavy (non-hydrogen) atoms. The van der Waals surface area contributed by atoms with Crippen LogP contribution in [0.15, 0.2) is 23.8 Å². The molecule has 0 aromatic carbocycles. The number of rotatable bonds is 3. The normalized spacial score (nSPS) is 10.1. The summed E-state index contributed by atoms with van der Waals surface area (Å²) in [5.74, 6) is -0.280. The average Bonchev–Trinajstić information content (AvgIpc) is 2.80. The summed E-state index contributed by atoms with van der Waals surface area (Å²) in [6, 6.07) is 3.05. The van der Waals surface area contributed by atoms with Crippen molar-refractivity contribution in [3.63, 3.8) is 0 Å². The number of carbonyl (C=O) groups is 1. The van der Waals surface area contributed by atoms with Crippen molar-refractivity contribution in [3.05, 3.63) is 39.6 Å². The van der Waals surface area contributed by atoms with Gasteiger partial charge in [0, 0.05) is 11.1 Å². The number of hydrogen-bond acceptors (Lipinski definition) is 5. The SMILES string of the molecule is O=C(NCc1cncs1)c1ccc(Cl)nn1. The van der Waals surface area contributed by atoms with Crippen LogP contribution in [0.4, 0.5) is 0 Å². The Labute approximate surface area is 101 Å². The van der Waals surface area contributed by atoms with E-state index in [0.29, 0.717) is 6.54 Å². The number of thiazole rings is 1. The highest BCUT2D eigenvalue weighted by Crippen LogP contribution is 2.05. The van der Waals surface area contributed by atoms with Crippen LogP contribution < -0.4 is 5.32 Å². The molecule has 0 atom stereocenters. The molecule has 7 heteroatoms. The van der Waals surface area contributed by atoms with E-state index in [-0.39, 0.29) is 16.8 Å². The Hall–Kier alpha value is -1.53. The van der Waals surface area contributed by atoms with Crippen molar-refractivity contribution in [2.45, 2.75) is 6.54 Å². The predicted octanol–water partition coefficient (Wildman–Crippen LogP) is 1.52. The molecular weight excluding hydrogens is 248 g/mol. The molecule has 0 saturated carbocycles. The number of nitrogens with zero attached hydrogens (tertiary/aromatic N) is 3. The standard InChI is InChI=1S/C9H7ClN4OS/c10-8-2-1-7(13-14-8)9(15)12-4-6-3-11-5-16-6/h1-3,5H,4H2,(H,12,15). The second-order valence-corrected chi connectivity index (χ2v) is 4.25. The number of carbonyl (C=O) groups excluding carboxylic acids is 1. The van der Waals surface area contributed by atoms with E-state index in [4.69, 9.17) is 11.6 Å². The molecular formula is C9H7ClN4OS. The minimum atomic E-state index is -0.280. The molecule has 0 bridgehead atoms. The Kier molecular flexibility index (Phi) is 3.43. The second-order valence-electron chi connectivity index (χ2n) is 2.89. The number of aromatic nitrogens is 3. The van der Waals surface area contributed by atoms with Crippen molar-refractivity contribution >= 4 is 28.8 Å². The predicted molar refractivity (Wildman–Crippen MR) is 60.3 cm³/mol. The number of amides is 1. The molecule has 0 aliphatic rings. The van der Waals surface area contributed by atoms with E-state index < -0.39 is 0 Å². The van der Waals surface area contributed by atoms with Gasteiger partial charge in [-0.15, -0.1) is 21.5 Å². The summed E-state index contributed by atoms with van der Waals surface area (Å²) in [6.45, 7) is 0.438. The average molecular weight is 255 g/mol. The van der Waals surface area contributed by atoms with Gasteiger partial charge in [0.25, 0.3) is 5.91 Å². The topological polar surface area (TPSA) is 67.8 Å². The van der Waals surface area contributed by atoms with Gasteiger partial charge in [0.15, 0.2) is 10.8 Å². The van der Waals surface area contributed by atoms with Crippen molar-refractivity contribution < 1.29 is 4.79 Å². The van der Waals surface area contributed by atoms with E-state index in [0.717, 1.165) is 4.88 Å². The van der Waals surface area contributed by atoms with Gasteiger partial charge in [-0.3, -0.25) is 9.78 Å². The Morgan fingerprint density at radius 1 is 1.44 bits per heavy atom. The molecule has 1 N–H and O–H groups in total. The van der Waals surface area contributed by atoms with Crippen molar-refractivity contribution in [2.24, 2.45) is 0 Å². The molecule has 0 spiro atoms. The molecule has 0 fully saturated rings. The van der Waals surface area contributed by atoms with Gasteiger partial charge < -0.3 is 5.32 Å². The maximum absolute atomic E-state index is 11.6. The van der Waals surface area contributed by atoms with Gasteiger partial charge in [-0.1, -0.05) is 11.6 Å². The van der Waals surface area contributed by atoms with Crippen LogP contribution in [-0.4, -0.2) is 21.1 Å². The lowest BCUT2D eigenvalue weighted by Crippen LogP contribution is -2.23. The van der Waals surface area contributed by atoms with Crippen molar-refractivity contribution in [1.82, 2.24) is 20.5 Å². The molecule has 5 nitrogen and oxygen atoms in total. The largest absolute Gasteiger partial charge is 0.346 e. The molecule has 0 saturated heterocycles. The van der Waals surface area contributed by atoms with Crippen LogP contribution in [0.25, 0.3) is 0 Å². The summed E-state index contributed by atoms with van der Waals surface area (Å²) >= 11 is 7.04. The zero-order valence-electron chi connectivity index (χ0n) is 8.05. The maximum atomic E-state index is 11.6. The Morgan fingerprint density at radius 2 is 2.31 bits per heavy atom. The van der Waals surface area contributed by atoms with Crippen LogP contribution in [0.3, 0.4) is 0 Å². The van der Waals surface area contributed by atoms with Crippen LogP contribution in [0.1, 0.15) is 15.4 Å². The lowest BCUT2D eigenvalue weighted by Gasteiger charge is -2.01. The highest BCUT2D eigenvalue weighted by Gasteiger charge is 2.07. The maximum Gasteiger partial charge on any atom is 0.272 e. The lowest BCUT2D eigenvalue weighted by molar-refractivity contribution is 0.0945. The van der Waals surface area contributed by atoms with Crippen LogP contribution >= 0.6 is 22.9 Å². The lowest BCUT2D eigenvalue weighted by atomic mass is 10.3. The minimum absolute atomic E-state index is 0.244. The minimum Gasteiger partial charge on any atom is -0.346 e. The molecule has 2 aromatic heterocycles. The zero-order valence-corrected chi connectivity index (χ0v) is 9.63. The molecule has 1 amide bonds. The summed E-state index contributed by atoms with van der Waals surface area (Å²) in [7, 11) is 0. The number of nitrogens with one attached hydrogen (secondary N) is 1. The van der Waals surface area contributed by atoms with Gasteiger partial charge in [-0.2, -0.15) is 0 Å². The van der Waals surface area contributed by atoms with Crippen molar-refractivity contribution in [3.8, 4) is 0 Å². The molecule has 0 aliphatic heterocycles. The van der Waals surface area contributed by atoms with Crippen LogP contribution in [0.5, 0.6) is 0 Å². The smallest absolute Gasteiger partial charge is 0.272 e. The van der Waals surface area contributed by atoms with E-state index in [2.05, 4.69) is 20.5 Å². The van der Waals surface area contributed by atoms with Gasteiger partial charge in [0.05, 0.1) is 12.1 Å². The highest BCUT2D eigenvalue weighted by atomic mass is 35.5. The van der Waals surface area contributed by atoms with Gasteiger partial charge in [-0.05, 0) is 12.1 Å². The highest BCUT2D eigenvalue weighted by molar-refractivity contribution is 7.09. The third-order valence-corrected chi connectivity index (χ3v) is 2.75. The van der Waals surface area contributed by atoms with Gasteiger partial charge in [0.1, 0.15) is 0 Å². The summed E-state index contributed by atoms with van der Waals surface area (Å²) in [6.07, 6.45) is 1.71. The fourth-order valence-corrected chi connectivity index (χ4v) is 1.66. The summed E-state index contributed by atoms with van der Waals surface area (Å²) in [4.78, 5) is 16.5. The first-order valence-electron chi connectivity index (χ1n) is 4.40. The summed E-state index contributed by atoms with van der Waals surface area (Å²) in [5.41, 5.74) is 1.96. The fourth-order valence-electron chi connectivity index (χ4n) is 1.02. The van der Waals surface area contributed by atoms with Crippen molar-refractivity contribution in [2.75, 3.05) is 0 Å². The number of halogens is 1. The molecule has 0 radical (unpaired) electrons. The van der Waals surface area contributed by atoms with Crippen molar-refractivity contribution in [1.29, 1.82) is 0 Å². The van der Waals surface area contributed by atoms with E-state index in [1.807, 2.05) is 0 Å². The van der Waals surface area contributed by atoms with E-state index in [9.17, 15) is 4.79 Å². The molecule has 0 unspecified atom stereocenters. The van der Waals surface area contributed by atoms with Gasteiger partial charge >= 0.3 is 0 Å². The van der Waals surface area contributed by atoms with Crippen LogP contribution in [0.2, 0.25) is 5.15 Å². The van der Waals surface area contributed by atoms with Crippen LogP contribution in [-0.2, 0) is 6.54 Å². The molecule has 0 aliphatic carbocycles. The molecule has 2 heterocycles. The first-order chi connectivity index (χ1) is 7.75. The van der Waals surface area contributed by atoms with Gasteiger partial charge in [-0.25, -0.2) is 0 Å². The van der Waals surface area contributed by atoms with E-state index in [1.165, 1.54) is 23.5 Å². The first kappa shape index (κ1) is 11.0. The third kappa shape index (κ3) is 2.74. The van der Waals surface area contributed by atoms with E-state index in [1.54, 1.807) is 11.7 Å². The number of hydrogen-bond donors (Lipinski definition) is 1. The first-order valence-corrected chi connectivity index (χ1v) is 5.66. The summed E-state index contributed by atoms with van der Waals surface area (Å²) < 4.78 is 0. The fraction of sp³-hybridized carbons (Fsp3) is 0.111. The Morgan fingerprint density at radius 3 is 2.94 bits per heavy atom. The quantitative estimate of drug-likeness (QED) is 0.902. The van der Waals surface area contributed by atoms with Crippen LogP contribution in [0, 0.1) is 0 Å². The molecule has 82 valence electrons. The van der Waals surface area contributed by atoms with E-state index >= 15 is 0 Å². The summed E-state index contributed by atoms with van der Waals surface area (Å²) in [5, 5.41) is 10.2. The zero-order chi connectivity index (χ0) is 11.4. The molecule has 2 rings (SSSR count). The monoisotopic (exact) mass is 254 g/mol. The van der Waals surface area contributed by atoms with Gasteiger partial charge in [0.2, 0.25) is 0 Å². The molecule has 2 aromatic rings. The third-order valence-electron chi connectivity index (χ3n) is 1.77. The Bertz CT molecular complexity index is 471.